The van der Waals surface area contributed by atoms with E-state index >= 15 is 0 Å². The second-order valence-corrected chi connectivity index (χ2v) is 8.26. The van der Waals surface area contributed by atoms with Crippen LogP contribution in [0.1, 0.15) is 32.3 Å². The predicted octanol–water partition coefficient (Wildman–Crippen LogP) is 3.92. The summed E-state index contributed by atoms with van der Waals surface area (Å²) in [7, 11) is -3.56. The number of hydrogen-bond donors (Lipinski definition) is 1. The van der Waals surface area contributed by atoms with Crippen LogP contribution in [0.4, 0.5) is 10.5 Å². The lowest BCUT2D eigenvalue weighted by Gasteiger charge is -2.15. The number of esters is 1. The molecule has 2 rings (SSSR count). The van der Waals surface area contributed by atoms with E-state index in [-0.39, 0.29) is 30.2 Å². The Kier molecular flexibility index (Phi) is 9.33. The fourth-order valence-electron chi connectivity index (χ4n) is 2.65. The van der Waals surface area contributed by atoms with E-state index in [1.165, 1.54) is 0 Å². The summed E-state index contributed by atoms with van der Waals surface area (Å²) in [5.74, 6) is 0.257. The average molecular weight is 466 g/mol. The molecule has 2 aromatic rings. The third-order valence-corrected chi connectivity index (χ3v) is 4.53. The van der Waals surface area contributed by atoms with Crippen LogP contribution < -0.4 is 19.0 Å². The van der Waals surface area contributed by atoms with E-state index in [2.05, 4.69) is 5.32 Å². The van der Waals surface area contributed by atoms with Gasteiger partial charge in [-0.2, -0.15) is 8.42 Å². The molecule has 2 aromatic carbocycles. The zero-order valence-corrected chi connectivity index (χ0v) is 19.1. The van der Waals surface area contributed by atoms with Crippen molar-refractivity contribution < 1.29 is 36.4 Å². The van der Waals surface area contributed by atoms with Crippen molar-refractivity contribution in [3.8, 4) is 17.2 Å². The molecule has 0 aliphatic heterocycles. The van der Waals surface area contributed by atoms with Crippen LogP contribution in [0.25, 0.3) is 0 Å². The van der Waals surface area contributed by atoms with Gasteiger partial charge in [0.15, 0.2) is 11.5 Å². The molecule has 0 aliphatic rings. The van der Waals surface area contributed by atoms with E-state index in [9.17, 15) is 18.0 Å². The molecule has 0 aromatic heterocycles. The van der Waals surface area contributed by atoms with Gasteiger partial charge in [0.05, 0.1) is 25.2 Å². The predicted molar refractivity (Wildman–Crippen MR) is 119 cm³/mol. The number of carbonyl (C=O) groups is 2. The smallest absolute Gasteiger partial charge is 0.411 e. The molecule has 0 bridgehead atoms. The maximum atomic E-state index is 12.2. The van der Waals surface area contributed by atoms with Crippen LogP contribution in [0.5, 0.6) is 17.2 Å². The Bertz CT molecular complexity index is 1020. The van der Waals surface area contributed by atoms with Crippen molar-refractivity contribution in [1.82, 2.24) is 0 Å². The van der Waals surface area contributed by atoms with Crippen LogP contribution in [0, 0.1) is 0 Å². The Labute approximate surface area is 187 Å². The van der Waals surface area contributed by atoms with E-state index < -0.39 is 22.2 Å². The second kappa shape index (κ2) is 11.9. The zero-order valence-electron chi connectivity index (χ0n) is 18.3. The van der Waals surface area contributed by atoms with E-state index in [4.69, 9.17) is 18.4 Å². The van der Waals surface area contributed by atoms with Gasteiger partial charge in [0.2, 0.25) is 0 Å². The number of aryl methyl sites for hydroxylation is 1. The number of benzene rings is 2. The molecule has 1 amide bonds. The number of ether oxygens (including phenoxy) is 3. The highest BCUT2D eigenvalue weighted by Crippen LogP contribution is 2.35. The van der Waals surface area contributed by atoms with Gasteiger partial charge in [0.1, 0.15) is 5.75 Å². The topological polar surface area (TPSA) is 117 Å². The highest BCUT2D eigenvalue weighted by Gasteiger charge is 2.17. The highest BCUT2D eigenvalue weighted by atomic mass is 32.2. The van der Waals surface area contributed by atoms with E-state index in [0.717, 1.165) is 11.8 Å². The first kappa shape index (κ1) is 25.0. The minimum atomic E-state index is -3.56. The maximum Gasteiger partial charge on any atom is 0.411 e. The van der Waals surface area contributed by atoms with Crippen LogP contribution in [0.2, 0.25) is 0 Å². The number of para-hydroxylation sites is 1. The van der Waals surface area contributed by atoms with Gasteiger partial charge in [-0.1, -0.05) is 25.1 Å². The molecule has 0 fully saturated rings. The lowest BCUT2D eigenvalue weighted by molar-refractivity contribution is -0.134. The number of carbonyl (C=O) groups excluding carboxylic acids is 2. The molecular weight excluding hydrogens is 438 g/mol. The lowest BCUT2D eigenvalue weighted by Crippen LogP contribution is -2.17. The van der Waals surface area contributed by atoms with E-state index in [1.54, 1.807) is 56.3 Å². The number of nitrogens with one attached hydrogen (secondary N) is 1. The minimum absolute atomic E-state index is 0.134. The normalized spacial score (nSPS) is 10.8. The molecule has 0 unspecified atom stereocenters. The fourth-order valence-corrected chi connectivity index (χ4v) is 3.11. The van der Waals surface area contributed by atoms with Gasteiger partial charge in [-0.3, -0.25) is 10.1 Å². The van der Waals surface area contributed by atoms with Gasteiger partial charge in [-0.15, -0.1) is 0 Å². The summed E-state index contributed by atoms with van der Waals surface area (Å²) in [5, 5.41) is 2.57. The fraction of sp³-hybridized carbons (Fsp3) is 0.364. The molecule has 9 nitrogen and oxygen atoms in total. The van der Waals surface area contributed by atoms with Crippen LogP contribution in [0.3, 0.4) is 0 Å². The maximum absolute atomic E-state index is 12.2. The number of hydrogen-bond acceptors (Lipinski definition) is 8. The lowest BCUT2D eigenvalue weighted by atomic mass is 10.1. The Morgan fingerprint density at radius 3 is 2.38 bits per heavy atom. The summed E-state index contributed by atoms with van der Waals surface area (Å²) in [4.78, 5) is 23.9. The Morgan fingerprint density at radius 2 is 1.75 bits per heavy atom. The van der Waals surface area contributed by atoms with Crippen LogP contribution in [-0.2, 0) is 26.1 Å². The first-order valence-corrected chi connectivity index (χ1v) is 11.9. The molecule has 32 heavy (non-hydrogen) atoms. The van der Waals surface area contributed by atoms with Gasteiger partial charge < -0.3 is 18.4 Å². The quantitative estimate of drug-likeness (QED) is 0.230. The van der Waals surface area contributed by atoms with Crippen LogP contribution >= 0.6 is 0 Å². The van der Waals surface area contributed by atoms with Crippen molar-refractivity contribution in [2.45, 2.75) is 33.1 Å². The molecule has 0 radical (unpaired) electrons. The molecule has 0 heterocycles. The molecule has 1 N–H and O–H groups in total. The molecule has 0 spiro atoms. The molecular formula is C22H27NO8S. The number of rotatable bonds is 11. The Balaban J connectivity index is 1.88. The van der Waals surface area contributed by atoms with E-state index in [1.807, 2.05) is 0 Å². The second-order valence-electron chi connectivity index (χ2n) is 6.69. The molecule has 174 valence electrons. The van der Waals surface area contributed by atoms with Crippen molar-refractivity contribution in [2.24, 2.45) is 0 Å². The van der Waals surface area contributed by atoms with Crippen LogP contribution in [-0.4, -0.2) is 39.9 Å². The van der Waals surface area contributed by atoms with Gasteiger partial charge >= 0.3 is 22.2 Å². The molecule has 0 atom stereocenters. The van der Waals surface area contributed by atoms with Gasteiger partial charge in [-0.05, 0) is 49.6 Å². The Hall–Kier alpha value is -3.27. The standard InChI is InChI=1S/C22H27NO8S/c1-4-20(24)30-21-18(9-6-10-19(21)28-5-2)23-22(25)29-15-7-8-16-11-13-17(14-12-16)31-32(3,26)27/h6,9-14H,4-5,7-8,15H2,1-3H3,(H,23,25). The number of amides is 1. The molecule has 0 saturated carbocycles. The monoisotopic (exact) mass is 465 g/mol. The van der Waals surface area contributed by atoms with E-state index in [0.29, 0.717) is 25.2 Å². The summed E-state index contributed by atoms with van der Waals surface area (Å²) in [5.41, 5.74) is 1.21. The summed E-state index contributed by atoms with van der Waals surface area (Å²) >= 11 is 0. The zero-order chi connectivity index (χ0) is 23.6. The third kappa shape index (κ3) is 8.46. The highest BCUT2D eigenvalue weighted by molar-refractivity contribution is 7.86. The van der Waals surface area contributed by atoms with Crippen molar-refractivity contribution in [2.75, 3.05) is 24.8 Å². The van der Waals surface area contributed by atoms with Gasteiger partial charge in [0, 0.05) is 6.42 Å². The van der Waals surface area contributed by atoms with Crippen molar-refractivity contribution in [3.63, 3.8) is 0 Å². The van der Waals surface area contributed by atoms with Gasteiger partial charge in [-0.25, -0.2) is 4.79 Å². The Morgan fingerprint density at radius 1 is 1.03 bits per heavy atom. The summed E-state index contributed by atoms with van der Waals surface area (Å²) in [6.07, 6.45) is 1.63. The number of anilines is 1. The summed E-state index contributed by atoms with van der Waals surface area (Å²) in [6.45, 7) is 3.99. The largest absolute Gasteiger partial charge is 0.490 e. The molecule has 0 aliphatic carbocycles. The average Bonchev–Trinajstić information content (AvgIpc) is 2.73. The molecule has 0 saturated heterocycles. The summed E-state index contributed by atoms with van der Waals surface area (Å²) < 4.78 is 43.0. The van der Waals surface area contributed by atoms with Crippen LogP contribution in [0.15, 0.2) is 42.5 Å². The van der Waals surface area contributed by atoms with Crippen molar-refractivity contribution in [1.29, 1.82) is 0 Å². The summed E-state index contributed by atoms with van der Waals surface area (Å²) in [6, 6.07) is 11.5. The SMILES string of the molecule is CCOc1cccc(NC(=O)OCCCc2ccc(OS(C)(=O)=O)cc2)c1OC(=O)CC. The third-order valence-electron chi connectivity index (χ3n) is 4.03. The van der Waals surface area contributed by atoms with Crippen molar-refractivity contribution in [3.05, 3.63) is 48.0 Å². The molecule has 10 heteroatoms. The first-order chi connectivity index (χ1) is 15.2. The first-order valence-electron chi connectivity index (χ1n) is 10.1. The van der Waals surface area contributed by atoms with Gasteiger partial charge in [0.25, 0.3) is 0 Å². The van der Waals surface area contributed by atoms with Crippen molar-refractivity contribution >= 4 is 27.9 Å². The minimum Gasteiger partial charge on any atom is -0.490 e.